The lowest BCUT2D eigenvalue weighted by atomic mass is 9.60. The molecule has 1 spiro atoms. The summed E-state index contributed by atoms with van der Waals surface area (Å²) >= 11 is 0. The van der Waals surface area contributed by atoms with Gasteiger partial charge in [-0.1, -0.05) is 20.8 Å². The average molecular weight is 222 g/mol. The van der Waals surface area contributed by atoms with E-state index < -0.39 is 0 Å². The maximum absolute atomic E-state index is 6.49. The van der Waals surface area contributed by atoms with Crippen LogP contribution in [-0.2, 0) is 4.74 Å². The molecule has 2 aliphatic carbocycles. The molecule has 0 N–H and O–H groups in total. The Bertz CT molecular complexity index is 298. The molecule has 3 aliphatic rings. The van der Waals surface area contributed by atoms with Crippen molar-refractivity contribution >= 4 is 0 Å². The largest absolute Gasteiger partial charge is 0.371 e. The van der Waals surface area contributed by atoms with E-state index in [-0.39, 0.29) is 5.60 Å². The molecule has 2 bridgehead atoms. The van der Waals surface area contributed by atoms with Gasteiger partial charge in [0.15, 0.2) is 0 Å². The second-order valence-corrected chi connectivity index (χ2v) is 7.30. The van der Waals surface area contributed by atoms with Crippen molar-refractivity contribution in [2.24, 2.45) is 23.2 Å². The van der Waals surface area contributed by atoms with Crippen LogP contribution in [0.1, 0.15) is 59.8 Å². The minimum atomic E-state index is 0.218. The Morgan fingerprint density at radius 1 is 1.19 bits per heavy atom. The Hall–Kier alpha value is -0.0400. The van der Waals surface area contributed by atoms with Crippen molar-refractivity contribution in [2.45, 2.75) is 71.5 Å². The monoisotopic (exact) mass is 222 g/mol. The lowest BCUT2D eigenvalue weighted by molar-refractivity contribution is -0.0575. The molecular weight excluding hydrogens is 196 g/mol. The first-order chi connectivity index (χ1) is 7.47. The summed E-state index contributed by atoms with van der Waals surface area (Å²) in [5.41, 5.74) is 0.774. The van der Waals surface area contributed by atoms with E-state index in [1.54, 1.807) is 0 Å². The van der Waals surface area contributed by atoms with E-state index in [0.717, 1.165) is 11.8 Å². The van der Waals surface area contributed by atoms with Crippen molar-refractivity contribution in [3.8, 4) is 0 Å². The molecule has 92 valence electrons. The highest BCUT2D eigenvalue weighted by Crippen LogP contribution is 2.65. The van der Waals surface area contributed by atoms with Gasteiger partial charge in [-0.15, -0.1) is 0 Å². The van der Waals surface area contributed by atoms with Crippen LogP contribution >= 0.6 is 0 Å². The maximum Gasteiger partial charge on any atom is 0.0665 e. The summed E-state index contributed by atoms with van der Waals surface area (Å²) in [5.74, 6) is 2.58. The minimum absolute atomic E-state index is 0.218. The molecule has 1 heteroatoms. The fraction of sp³-hybridized carbons (Fsp3) is 1.00. The Labute approximate surface area is 99.9 Å². The van der Waals surface area contributed by atoms with Crippen molar-refractivity contribution in [1.29, 1.82) is 0 Å². The Morgan fingerprint density at radius 2 is 1.94 bits per heavy atom. The van der Waals surface area contributed by atoms with Gasteiger partial charge in [0.05, 0.1) is 11.7 Å². The maximum atomic E-state index is 6.49. The molecule has 1 nitrogen and oxygen atoms in total. The van der Waals surface area contributed by atoms with Crippen LogP contribution in [0.4, 0.5) is 0 Å². The third-order valence-corrected chi connectivity index (χ3v) is 5.76. The van der Waals surface area contributed by atoms with Gasteiger partial charge in [-0.05, 0) is 56.8 Å². The van der Waals surface area contributed by atoms with Crippen LogP contribution in [-0.4, -0.2) is 11.7 Å². The van der Waals surface area contributed by atoms with Crippen molar-refractivity contribution < 1.29 is 4.74 Å². The van der Waals surface area contributed by atoms with E-state index in [1.165, 1.54) is 32.1 Å². The molecule has 1 heterocycles. The molecule has 16 heavy (non-hydrogen) atoms. The summed E-state index contributed by atoms with van der Waals surface area (Å²) in [5, 5.41) is 0. The topological polar surface area (TPSA) is 9.23 Å². The summed E-state index contributed by atoms with van der Waals surface area (Å²) in [4.78, 5) is 0. The number of fused-ring (bicyclic) bond motifs is 1. The minimum Gasteiger partial charge on any atom is -0.371 e. The average Bonchev–Trinajstić information content (AvgIpc) is 2.64. The van der Waals surface area contributed by atoms with Gasteiger partial charge in [0, 0.05) is 5.41 Å². The molecule has 0 aromatic carbocycles. The van der Waals surface area contributed by atoms with Crippen LogP contribution < -0.4 is 0 Å². The molecule has 0 aromatic heterocycles. The van der Waals surface area contributed by atoms with Crippen LogP contribution in [0, 0.1) is 23.2 Å². The SMILES string of the molecule is CC(C)[C@H]1O[C@@]2(C)CC[C@H]3C(C)CC[C@@]13C2. The first kappa shape index (κ1) is 11.1. The van der Waals surface area contributed by atoms with Crippen LogP contribution in [0.5, 0.6) is 0 Å². The second-order valence-electron chi connectivity index (χ2n) is 7.30. The third kappa shape index (κ3) is 1.27. The van der Waals surface area contributed by atoms with E-state index in [1.807, 2.05) is 0 Å². The van der Waals surface area contributed by atoms with Crippen molar-refractivity contribution in [3.05, 3.63) is 0 Å². The highest BCUT2D eigenvalue weighted by molar-refractivity contribution is 5.12. The Kier molecular flexibility index (Phi) is 2.25. The second kappa shape index (κ2) is 3.25. The Morgan fingerprint density at radius 3 is 2.62 bits per heavy atom. The van der Waals surface area contributed by atoms with Crippen molar-refractivity contribution in [3.63, 3.8) is 0 Å². The quantitative estimate of drug-likeness (QED) is 0.651. The zero-order valence-corrected chi connectivity index (χ0v) is 11.3. The van der Waals surface area contributed by atoms with Gasteiger partial charge in [0.25, 0.3) is 0 Å². The Balaban J connectivity index is 1.99. The first-order valence-electron chi connectivity index (χ1n) is 7.15. The zero-order chi connectivity index (χ0) is 11.6. The molecule has 1 unspecified atom stereocenters. The fourth-order valence-corrected chi connectivity index (χ4v) is 5.26. The van der Waals surface area contributed by atoms with Gasteiger partial charge in [-0.25, -0.2) is 0 Å². The highest BCUT2D eigenvalue weighted by Gasteiger charge is 2.63. The molecule has 0 amide bonds. The predicted molar refractivity (Wildman–Crippen MR) is 66.3 cm³/mol. The lowest BCUT2D eigenvalue weighted by Crippen LogP contribution is -2.40. The van der Waals surface area contributed by atoms with Gasteiger partial charge in [-0.3, -0.25) is 0 Å². The van der Waals surface area contributed by atoms with Crippen molar-refractivity contribution in [2.75, 3.05) is 0 Å². The van der Waals surface area contributed by atoms with E-state index >= 15 is 0 Å². The lowest BCUT2D eigenvalue weighted by Gasteiger charge is -2.41. The molecule has 3 rings (SSSR count). The summed E-state index contributed by atoms with van der Waals surface area (Å²) in [6.07, 6.45) is 7.46. The van der Waals surface area contributed by atoms with Crippen LogP contribution in [0.2, 0.25) is 0 Å². The predicted octanol–water partition coefficient (Wildman–Crippen LogP) is 4.02. The number of hydrogen-bond acceptors (Lipinski definition) is 1. The van der Waals surface area contributed by atoms with Gasteiger partial charge in [0.1, 0.15) is 0 Å². The van der Waals surface area contributed by atoms with E-state index in [0.29, 0.717) is 17.4 Å². The molecule has 3 fully saturated rings. The first-order valence-corrected chi connectivity index (χ1v) is 7.15. The molecular formula is C15H26O. The molecule has 1 aliphatic heterocycles. The van der Waals surface area contributed by atoms with Gasteiger partial charge < -0.3 is 4.74 Å². The van der Waals surface area contributed by atoms with Crippen LogP contribution in [0.3, 0.4) is 0 Å². The van der Waals surface area contributed by atoms with Gasteiger partial charge in [-0.2, -0.15) is 0 Å². The number of ether oxygens (including phenoxy) is 1. The molecule has 0 radical (unpaired) electrons. The van der Waals surface area contributed by atoms with E-state index in [2.05, 4.69) is 27.7 Å². The molecule has 2 saturated carbocycles. The molecule has 1 saturated heterocycles. The number of rotatable bonds is 1. The van der Waals surface area contributed by atoms with Gasteiger partial charge in [0.2, 0.25) is 0 Å². The van der Waals surface area contributed by atoms with Crippen molar-refractivity contribution in [1.82, 2.24) is 0 Å². The standard InChI is InChI=1S/C15H26O/c1-10(2)13-15-8-5-11(3)12(15)6-7-14(4,9-15)16-13/h10-13H,5-9H2,1-4H3/t11?,12-,13+,14-,15-/m0/s1. The van der Waals surface area contributed by atoms with Gasteiger partial charge >= 0.3 is 0 Å². The molecule has 0 aromatic rings. The smallest absolute Gasteiger partial charge is 0.0665 e. The summed E-state index contributed by atoms with van der Waals surface area (Å²) in [6.45, 7) is 9.53. The number of hydrogen-bond donors (Lipinski definition) is 0. The van der Waals surface area contributed by atoms with Crippen LogP contribution in [0.25, 0.3) is 0 Å². The summed E-state index contributed by atoms with van der Waals surface area (Å²) in [6, 6.07) is 0. The fourth-order valence-electron chi connectivity index (χ4n) is 5.26. The highest BCUT2D eigenvalue weighted by atomic mass is 16.5. The van der Waals surface area contributed by atoms with E-state index in [4.69, 9.17) is 4.74 Å². The molecule has 5 atom stereocenters. The van der Waals surface area contributed by atoms with E-state index in [9.17, 15) is 0 Å². The summed E-state index contributed by atoms with van der Waals surface area (Å²) in [7, 11) is 0. The summed E-state index contributed by atoms with van der Waals surface area (Å²) < 4.78 is 6.49. The zero-order valence-electron chi connectivity index (χ0n) is 11.3. The normalized spacial score (nSPS) is 55.7. The van der Waals surface area contributed by atoms with Crippen LogP contribution in [0.15, 0.2) is 0 Å². The third-order valence-electron chi connectivity index (χ3n) is 5.76.